The Morgan fingerprint density at radius 2 is 2.35 bits per heavy atom. The van der Waals surface area contributed by atoms with E-state index in [1.54, 1.807) is 0 Å². The molecule has 96 valence electrons. The van der Waals surface area contributed by atoms with Crippen molar-refractivity contribution in [3.05, 3.63) is 21.9 Å². The SMILES string of the molecule is Cc1ccsc1C(C)(C)CNCC1CCNC1. The van der Waals surface area contributed by atoms with Crippen LogP contribution in [0.3, 0.4) is 0 Å². The summed E-state index contributed by atoms with van der Waals surface area (Å²) >= 11 is 1.89. The second-order valence-corrected chi connectivity index (χ2v) is 6.72. The van der Waals surface area contributed by atoms with E-state index in [9.17, 15) is 0 Å². The van der Waals surface area contributed by atoms with E-state index in [0.717, 1.165) is 19.0 Å². The zero-order valence-corrected chi connectivity index (χ0v) is 12.0. The Bertz CT molecular complexity index is 351. The van der Waals surface area contributed by atoms with Gasteiger partial charge < -0.3 is 10.6 Å². The summed E-state index contributed by atoms with van der Waals surface area (Å²) in [5.74, 6) is 0.829. The molecule has 1 aromatic heterocycles. The van der Waals surface area contributed by atoms with Gasteiger partial charge in [-0.2, -0.15) is 0 Å². The van der Waals surface area contributed by atoms with Crippen LogP contribution < -0.4 is 10.6 Å². The normalized spacial score (nSPS) is 21.0. The highest BCUT2D eigenvalue weighted by Crippen LogP contribution is 2.30. The molecule has 2 N–H and O–H groups in total. The summed E-state index contributed by atoms with van der Waals surface area (Å²) in [6.45, 7) is 11.5. The lowest BCUT2D eigenvalue weighted by Crippen LogP contribution is -2.35. The summed E-state index contributed by atoms with van der Waals surface area (Å²) in [7, 11) is 0. The molecule has 1 unspecified atom stereocenters. The molecule has 2 rings (SSSR count). The van der Waals surface area contributed by atoms with Gasteiger partial charge in [-0.3, -0.25) is 0 Å². The molecule has 0 saturated carbocycles. The van der Waals surface area contributed by atoms with Gasteiger partial charge in [-0.05, 0) is 55.9 Å². The van der Waals surface area contributed by atoms with Crippen LogP contribution in [-0.2, 0) is 5.41 Å². The van der Waals surface area contributed by atoms with Gasteiger partial charge in [0.25, 0.3) is 0 Å². The van der Waals surface area contributed by atoms with Gasteiger partial charge in [-0.25, -0.2) is 0 Å². The fraction of sp³-hybridized carbons (Fsp3) is 0.714. The number of rotatable bonds is 5. The van der Waals surface area contributed by atoms with Crippen LogP contribution in [0.1, 0.15) is 30.7 Å². The van der Waals surface area contributed by atoms with E-state index in [1.807, 2.05) is 11.3 Å². The van der Waals surface area contributed by atoms with Gasteiger partial charge >= 0.3 is 0 Å². The van der Waals surface area contributed by atoms with E-state index in [0.29, 0.717) is 0 Å². The number of hydrogen-bond donors (Lipinski definition) is 2. The zero-order valence-electron chi connectivity index (χ0n) is 11.2. The third-order valence-electron chi connectivity index (χ3n) is 3.64. The Balaban J connectivity index is 1.83. The third-order valence-corrected chi connectivity index (χ3v) is 5.02. The van der Waals surface area contributed by atoms with Crippen molar-refractivity contribution >= 4 is 11.3 Å². The molecule has 0 amide bonds. The van der Waals surface area contributed by atoms with Crippen LogP contribution in [0, 0.1) is 12.8 Å². The zero-order chi connectivity index (χ0) is 12.3. The Kier molecular flexibility index (Phi) is 4.23. The molecule has 3 heteroatoms. The van der Waals surface area contributed by atoms with Gasteiger partial charge in [0.1, 0.15) is 0 Å². The molecule has 2 heterocycles. The van der Waals surface area contributed by atoms with Crippen LogP contribution >= 0.6 is 11.3 Å². The predicted molar refractivity (Wildman–Crippen MR) is 75.9 cm³/mol. The van der Waals surface area contributed by atoms with E-state index in [4.69, 9.17) is 0 Å². The van der Waals surface area contributed by atoms with Crippen molar-refractivity contribution in [3.8, 4) is 0 Å². The first-order valence-corrected chi connectivity index (χ1v) is 7.43. The molecule has 1 saturated heterocycles. The first-order chi connectivity index (χ1) is 8.09. The van der Waals surface area contributed by atoms with Crippen molar-refractivity contribution in [1.82, 2.24) is 10.6 Å². The lowest BCUT2D eigenvalue weighted by Gasteiger charge is -2.26. The van der Waals surface area contributed by atoms with Gasteiger partial charge in [0.2, 0.25) is 0 Å². The first-order valence-electron chi connectivity index (χ1n) is 6.55. The molecule has 17 heavy (non-hydrogen) atoms. The van der Waals surface area contributed by atoms with Crippen LogP contribution in [0.5, 0.6) is 0 Å². The van der Waals surface area contributed by atoms with Gasteiger partial charge in [-0.15, -0.1) is 11.3 Å². The number of thiophene rings is 1. The van der Waals surface area contributed by atoms with Crippen LogP contribution in [-0.4, -0.2) is 26.2 Å². The molecule has 0 aromatic carbocycles. The van der Waals surface area contributed by atoms with E-state index >= 15 is 0 Å². The molecule has 1 aliphatic heterocycles. The average Bonchev–Trinajstić information content (AvgIpc) is 2.88. The van der Waals surface area contributed by atoms with E-state index in [-0.39, 0.29) is 5.41 Å². The Labute approximate surface area is 109 Å². The molecule has 0 bridgehead atoms. The fourth-order valence-electron chi connectivity index (χ4n) is 2.62. The molecular formula is C14H24N2S. The van der Waals surface area contributed by atoms with Crippen LogP contribution in [0.4, 0.5) is 0 Å². The second kappa shape index (κ2) is 5.51. The lowest BCUT2D eigenvalue weighted by molar-refractivity contribution is 0.435. The summed E-state index contributed by atoms with van der Waals surface area (Å²) in [5, 5.41) is 9.27. The minimum absolute atomic E-state index is 0.254. The minimum atomic E-state index is 0.254. The van der Waals surface area contributed by atoms with E-state index < -0.39 is 0 Å². The molecule has 0 radical (unpaired) electrons. The summed E-state index contributed by atoms with van der Waals surface area (Å²) in [4.78, 5) is 1.52. The Hall–Kier alpha value is -0.380. The maximum Gasteiger partial charge on any atom is 0.0143 e. The molecule has 2 nitrogen and oxygen atoms in total. The molecule has 0 spiro atoms. The number of hydrogen-bond acceptors (Lipinski definition) is 3. The third kappa shape index (κ3) is 3.30. The lowest BCUT2D eigenvalue weighted by atomic mass is 9.89. The van der Waals surface area contributed by atoms with E-state index in [2.05, 4.69) is 42.9 Å². The van der Waals surface area contributed by atoms with Gasteiger partial charge in [-0.1, -0.05) is 13.8 Å². The van der Waals surface area contributed by atoms with Crippen molar-refractivity contribution in [3.63, 3.8) is 0 Å². The van der Waals surface area contributed by atoms with Gasteiger partial charge in [0.05, 0.1) is 0 Å². The molecule has 1 aromatic rings. The quantitative estimate of drug-likeness (QED) is 0.841. The van der Waals surface area contributed by atoms with Crippen molar-refractivity contribution in [1.29, 1.82) is 0 Å². The highest BCUT2D eigenvalue weighted by molar-refractivity contribution is 7.10. The van der Waals surface area contributed by atoms with Gasteiger partial charge in [0.15, 0.2) is 0 Å². The predicted octanol–water partition coefficient (Wildman–Crippen LogP) is 2.53. The summed E-state index contributed by atoms with van der Waals surface area (Å²) in [6.07, 6.45) is 1.32. The number of nitrogens with one attached hydrogen (secondary N) is 2. The highest BCUT2D eigenvalue weighted by Gasteiger charge is 2.24. The smallest absolute Gasteiger partial charge is 0.0143 e. The molecule has 1 aliphatic rings. The Morgan fingerprint density at radius 3 is 2.94 bits per heavy atom. The fourth-order valence-corrected chi connectivity index (χ4v) is 3.68. The first kappa shape index (κ1) is 13.1. The van der Waals surface area contributed by atoms with Crippen molar-refractivity contribution in [2.45, 2.75) is 32.6 Å². The monoisotopic (exact) mass is 252 g/mol. The Morgan fingerprint density at radius 1 is 1.53 bits per heavy atom. The average molecular weight is 252 g/mol. The van der Waals surface area contributed by atoms with E-state index in [1.165, 1.54) is 30.0 Å². The summed E-state index contributed by atoms with van der Waals surface area (Å²) < 4.78 is 0. The van der Waals surface area contributed by atoms with Gasteiger partial charge in [0, 0.05) is 16.8 Å². The number of aryl methyl sites for hydroxylation is 1. The largest absolute Gasteiger partial charge is 0.316 e. The molecule has 0 aliphatic carbocycles. The highest BCUT2D eigenvalue weighted by atomic mass is 32.1. The molecule has 1 fully saturated rings. The van der Waals surface area contributed by atoms with Crippen LogP contribution in [0.25, 0.3) is 0 Å². The molecule has 1 atom stereocenters. The van der Waals surface area contributed by atoms with Crippen LogP contribution in [0.15, 0.2) is 11.4 Å². The summed E-state index contributed by atoms with van der Waals surface area (Å²) in [6, 6.07) is 2.22. The van der Waals surface area contributed by atoms with Crippen molar-refractivity contribution in [2.75, 3.05) is 26.2 Å². The standard InChI is InChI=1S/C14H24N2S/c1-11-5-7-17-13(11)14(2,3)10-16-9-12-4-6-15-8-12/h5,7,12,15-16H,4,6,8-10H2,1-3H3. The molecular weight excluding hydrogens is 228 g/mol. The van der Waals surface area contributed by atoms with Crippen molar-refractivity contribution < 1.29 is 0 Å². The van der Waals surface area contributed by atoms with Crippen LogP contribution in [0.2, 0.25) is 0 Å². The summed E-state index contributed by atoms with van der Waals surface area (Å²) in [5.41, 5.74) is 1.69. The maximum absolute atomic E-state index is 3.65. The maximum atomic E-state index is 3.65. The second-order valence-electron chi connectivity index (χ2n) is 5.81. The topological polar surface area (TPSA) is 24.1 Å². The minimum Gasteiger partial charge on any atom is -0.316 e. The van der Waals surface area contributed by atoms with Crippen molar-refractivity contribution in [2.24, 2.45) is 5.92 Å².